The predicted octanol–water partition coefficient (Wildman–Crippen LogP) is 4.13. The Morgan fingerprint density at radius 1 is 0.920 bits per heavy atom. The average Bonchev–Trinajstić information content (AvgIpc) is 3.09. The molecule has 0 aliphatic heterocycles. The number of H-pyrrole nitrogens is 1. The lowest BCUT2D eigenvalue weighted by Crippen LogP contribution is -2.01. The van der Waals surface area contributed by atoms with Crippen LogP contribution in [0.2, 0.25) is 0 Å². The lowest BCUT2D eigenvalue weighted by molar-refractivity contribution is -0.121. The molecule has 3 rings (SSSR count). The Balaban J connectivity index is 1.61. The van der Waals surface area contributed by atoms with Gasteiger partial charge in [0.15, 0.2) is 11.6 Å². The fourth-order valence-corrected chi connectivity index (χ4v) is 2.50. The van der Waals surface area contributed by atoms with Crippen molar-refractivity contribution < 1.29 is 14.7 Å². The van der Waals surface area contributed by atoms with E-state index in [9.17, 15) is 14.7 Å². The predicted molar refractivity (Wildman–Crippen MR) is 99.1 cm³/mol. The number of hydrogen-bond acceptors (Lipinski definition) is 3. The summed E-state index contributed by atoms with van der Waals surface area (Å²) < 4.78 is 0. The quantitative estimate of drug-likeness (QED) is 0.527. The minimum absolute atomic E-state index is 0.168. The second-order valence-corrected chi connectivity index (χ2v) is 5.65. The summed E-state index contributed by atoms with van der Waals surface area (Å²) in [5.41, 5.74) is 2.72. The number of aromatic amines is 1. The molecule has 0 saturated carbocycles. The van der Waals surface area contributed by atoms with Crippen LogP contribution >= 0.6 is 0 Å². The molecule has 0 unspecified atom stereocenters. The lowest BCUT2D eigenvalue weighted by Gasteiger charge is -1.97. The molecule has 0 spiro atoms. The van der Waals surface area contributed by atoms with Crippen molar-refractivity contribution in [2.24, 2.45) is 0 Å². The van der Waals surface area contributed by atoms with E-state index >= 15 is 0 Å². The number of allylic oxidation sites excluding steroid dienone is 2. The maximum atomic E-state index is 12.0. The highest BCUT2D eigenvalue weighted by Gasteiger charge is 2.04. The van der Waals surface area contributed by atoms with Gasteiger partial charge in [-0.05, 0) is 47.5 Å². The Morgan fingerprint density at radius 3 is 2.40 bits per heavy atom. The topological polar surface area (TPSA) is 70.2 Å². The van der Waals surface area contributed by atoms with Gasteiger partial charge in [0.25, 0.3) is 0 Å². The first-order valence-electron chi connectivity index (χ1n) is 7.89. The van der Waals surface area contributed by atoms with E-state index in [0.29, 0.717) is 0 Å². The minimum Gasteiger partial charge on any atom is -0.508 e. The first-order chi connectivity index (χ1) is 12.1. The number of rotatable bonds is 6. The van der Waals surface area contributed by atoms with Crippen molar-refractivity contribution in [3.63, 3.8) is 0 Å². The lowest BCUT2D eigenvalue weighted by atomic mass is 10.1. The number of hydrogen-bond donors (Lipinski definition) is 2. The molecule has 2 N–H and O–H groups in total. The molecule has 0 fully saturated rings. The van der Waals surface area contributed by atoms with Crippen LogP contribution in [0.3, 0.4) is 0 Å². The molecular weight excluding hydrogens is 314 g/mol. The third-order valence-electron chi connectivity index (χ3n) is 3.78. The summed E-state index contributed by atoms with van der Waals surface area (Å²) in [4.78, 5) is 27.0. The van der Waals surface area contributed by atoms with Crippen molar-refractivity contribution in [3.8, 4) is 5.75 Å². The fraction of sp³-hybridized carbons (Fsp3) is 0.0476. The number of phenolic OH excluding ortho intramolecular Hbond substituents is 1. The molecule has 0 atom stereocenters. The number of phenols is 1. The normalized spacial score (nSPS) is 11.5. The number of ketones is 2. The SMILES string of the molecule is O=C(C=Cc1ccc(O)cc1)CC(=O)C=Cc1cccc2[nH]ccc12. The van der Waals surface area contributed by atoms with Gasteiger partial charge in [0.2, 0.25) is 0 Å². The van der Waals surface area contributed by atoms with Gasteiger partial charge in [0, 0.05) is 17.1 Å². The Bertz CT molecular complexity index is 962. The van der Waals surface area contributed by atoms with Crippen molar-refractivity contribution in [1.29, 1.82) is 0 Å². The van der Waals surface area contributed by atoms with Gasteiger partial charge in [-0.2, -0.15) is 0 Å². The summed E-state index contributed by atoms with van der Waals surface area (Å²) in [6, 6.07) is 14.2. The van der Waals surface area contributed by atoms with Crippen molar-refractivity contribution >= 4 is 34.6 Å². The van der Waals surface area contributed by atoms with Crippen LogP contribution in [-0.2, 0) is 9.59 Å². The van der Waals surface area contributed by atoms with Gasteiger partial charge in [-0.1, -0.05) is 36.4 Å². The van der Waals surface area contributed by atoms with Gasteiger partial charge in [-0.15, -0.1) is 0 Å². The number of aromatic hydroxyl groups is 1. The first kappa shape index (κ1) is 16.5. The molecule has 2 aromatic carbocycles. The average molecular weight is 331 g/mol. The van der Waals surface area contributed by atoms with Crippen molar-refractivity contribution in [3.05, 3.63) is 78.0 Å². The molecular formula is C21H17NO3. The fourth-order valence-electron chi connectivity index (χ4n) is 2.50. The van der Waals surface area contributed by atoms with Crippen LogP contribution < -0.4 is 0 Å². The smallest absolute Gasteiger partial charge is 0.163 e. The first-order valence-corrected chi connectivity index (χ1v) is 7.89. The van der Waals surface area contributed by atoms with Gasteiger partial charge in [0.05, 0.1) is 6.42 Å². The Hall–Kier alpha value is -3.40. The van der Waals surface area contributed by atoms with E-state index in [2.05, 4.69) is 4.98 Å². The zero-order chi connectivity index (χ0) is 17.6. The molecule has 4 nitrogen and oxygen atoms in total. The van der Waals surface area contributed by atoms with Crippen LogP contribution in [0, 0.1) is 0 Å². The van der Waals surface area contributed by atoms with Crippen LogP contribution in [0.25, 0.3) is 23.1 Å². The molecule has 0 aliphatic rings. The van der Waals surface area contributed by atoms with E-state index in [0.717, 1.165) is 22.0 Å². The number of carbonyl (C=O) groups is 2. The largest absolute Gasteiger partial charge is 0.508 e. The molecule has 1 heterocycles. The molecule has 25 heavy (non-hydrogen) atoms. The standard InChI is InChI=1S/C21H17NO3/c23-17-8-4-15(5-9-17)6-10-18(24)14-19(25)11-7-16-2-1-3-21-20(16)12-13-22-21/h1-13,22-23H,14H2. The molecule has 0 amide bonds. The Labute approximate surface area is 145 Å². The summed E-state index contributed by atoms with van der Waals surface area (Å²) in [7, 11) is 0. The monoisotopic (exact) mass is 331 g/mol. The Kier molecular flexibility index (Phi) is 4.90. The van der Waals surface area contributed by atoms with E-state index in [1.54, 1.807) is 36.4 Å². The molecule has 0 bridgehead atoms. The summed E-state index contributed by atoms with van der Waals surface area (Å²) in [6.45, 7) is 0. The highest BCUT2D eigenvalue weighted by atomic mass is 16.3. The summed E-state index contributed by atoms with van der Waals surface area (Å²) >= 11 is 0. The highest BCUT2D eigenvalue weighted by molar-refractivity contribution is 6.11. The molecule has 1 aromatic heterocycles. The number of fused-ring (bicyclic) bond motifs is 1. The number of aromatic nitrogens is 1. The molecule has 124 valence electrons. The second-order valence-electron chi connectivity index (χ2n) is 5.65. The van der Waals surface area contributed by atoms with E-state index in [4.69, 9.17) is 0 Å². The molecule has 0 saturated heterocycles. The van der Waals surface area contributed by atoms with Crippen LogP contribution in [-0.4, -0.2) is 21.7 Å². The van der Waals surface area contributed by atoms with Crippen LogP contribution in [0.1, 0.15) is 17.5 Å². The van der Waals surface area contributed by atoms with Gasteiger partial charge in [0.1, 0.15) is 5.75 Å². The van der Waals surface area contributed by atoms with Crippen molar-refractivity contribution in [1.82, 2.24) is 4.98 Å². The van der Waals surface area contributed by atoms with E-state index in [1.165, 1.54) is 12.2 Å². The van der Waals surface area contributed by atoms with Gasteiger partial charge >= 0.3 is 0 Å². The zero-order valence-corrected chi connectivity index (χ0v) is 13.5. The second kappa shape index (κ2) is 7.45. The van der Waals surface area contributed by atoms with Gasteiger partial charge in [-0.3, -0.25) is 9.59 Å². The summed E-state index contributed by atoms with van der Waals surface area (Å²) in [5.74, 6) is -0.336. The highest BCUT2D eigenvalue weighted by Crippen LogP contribution is 2.18. The minimum atomic E-state index is -0.262. The van der Waals surface area contributed by atoms with Crippen LogP contribution in [0.4, 0.5) is 0 Å². The molecule has 0 radical (unpaired) electrons. The van der Waals surface area contributed by atoms with Gasteiger partial charge < -0.3 is 10.1 Å². The third kappa shape index (κ3) is 4.32. The van der Waals surface area contributed by atoms with E-state index in [1.807, 2.05) is 30.5 Å². The molecule has 4 heteroatoms. The van der Waals surface area contributed by atoms with Gasteiger partial charge in [-0.25, -0.2) is 0 Å². The summed E-state index contributed by atoms with van der Waals surface area (Å²) in [6.07, 6.45) is 7.85. The van der Waals surface area contributed by atoms with Crippen LogP contribution in [0.5, 0.6) is 5.75 Å². The maximum Gasteiger partial charge on any atom is 0.163 e. The third-order valence-corrected chi connectivity index (χ3v) is 3.78. The number of benzene rings is 2. The molecule has 0 aliphatic carbocycles. The van der Waals surface area contributed by atoms with Crippen LogP contribution in [0.15, 0.2) is 66.9 Å². The van der Waals surface area contributed by atoms with E-state index < -0.39 is 0 Å². The number of nitrogens with one attached hydrogen (secondary N) is 1. The Morgan fingerprint density at radius 2 is 1.64 bits per heavy atom. The maximum absolute atomic E-state index is 12.0. The number of carbonyl (C=O) groups excluding carboxylic acids is 2. The van der Waals surface area contributed by atoms with Crippen molar-refractivity contribution in [2.75, 3.05) is 0 Å². The summed E-state index contributed by atoms with van der Waals surface area (Å²) in [5, 5.41) is 10.2. The molecule has 3 aromatic rings. The zero-order valence-electron chi connectivity index (χ0n) is 13.5. The van der Waals surface area contributed by atoms with E-state index in [-0.39, 0.29) is 23.7 Å². The van der Waals surface area contributed by atoms with Crippen molar-refractivity contribution in [2.45, 2.75) is 6.42 Å².